The van der Waals surface area contributed by atoms with E-state index in [2.05, 4.69) is 0 Å². The van der Waals surface area contributed by atoms with Crippen LogP contribution in [0.4, 0.5) is 0 Å². The minimum absolute atomic E-state index is 0.00925. The van der Waals surface area contributed by atoms with Crippen molar-refractivity contribution in [1.82, 2.24) is 0 Å². The van der Waals surface area contributed by atoms with Gasteiger partial charge in [0.25, 0.3) is 0 Å². The van der Waals surface area contributed by atoms with Crippen molar-refractivity contribution >= 4 is 12.0 Å². The van der Waals surface area contributed by atoms with E-state index in [1.54, 1.807) is 19.1 Å². The molecule has 4 N–H and O–H groups in total. The van der Waals surface area contributed by atoms with Gasteiger partial charge in [-0.1, -0.05) is 24.3 Å². The standard InChI is InChI=1S/C19H24O7/c1-11-5-3-7-14(20)18(23)15(21)8-4-6-12-9-13(25-2)10-16(22)17(12)19(24)26-11/h3-4,6-7,9-11,14-15,18,20-23H,5,8H2,1-2H3/b6-4+,7-3-/t11-,14?,15-,18?/m0/s1. The fourth-order valence-corrected chi connectivity index (χ4v) is 2.61. The van der Waals surface area contributed by atoms with Gasteiger partial charge in [-0.05, 0) is 25.0 Å². The van der Waals surface area contributed by atoms with Crippen molar-refractivity contribution in [3.8, 4) is 11.5 Å². The highest BCUT2D eigenvalue weighted by Crippen LogP contribution is 2.30. The van der Waals surface area contributed by atoms with Crippen LogP contribution in [0.3, 0.4) is 0 Å². The van der Waals surface area contributed by atoms with Gasteiger partial charge in [0.05, 0.1) is 13.2 Å². The summed E-state index contributed by atoms with van der Waals surface area (Å²) in [4.78, 5) is 12.5. The molecule has 142 valence electrons. The maximum Gasteiger partial charge on any atom is 0.342 e. The Balaban J connectivity index is 2.44. The molecular weight excluding hydrogens is 340 g/mol. The van der Waals surface area contributed by atoms with E-state index in [0.29, 0.717) is 17.7 Å². The molecule has 0 radical (unpaired) electrons. The van der Waals surface area contributed by atoms with Crippen molar-refractivity contribution in [2.24, 2.45) is 0 Å². The molecule has 4 atom stereocenters. The molecule has 7 heteroatoms. The number of aromatic hydroxyl groups is 1. The molecule has 26 heavy (non-hydrogen) atoms. The lowest BCUT2D eigenvalue weighted by atomic mass is 10.0. The van der Waals surface area contributed by atoms with Gasteiger partial charge in [-0.15, -0.1) is 0 Å². The van der Waals surface area contributed by atoms with Crippen LogP contribution in [0.1, 0.15) is 35.7 Å². The molecule has 1 aliphatic heterocycles. The number of ether oxygens (including phenoxy) is 2. The molecule has 0 aliphatic carbocycles. The number of hydrogen-bond acceptors (Lipinski definition) is 7. The summed E-state index contributed by atoms with van der Waals surface area (Å²) in [5.41, 5.74) is 0.346. The van der Waals surface area contributed by atoms with Crippen molar-refractivity contribution in [2.45, 2.75) is 44.2 Å². The number of fused-ring (bicyclic) bond motifs is 1. The summed E-state index contributed by atoms with van der Waals surface area (Å²) in [6, 6.07) is 2.87. The predicted octanol–water partition coefficient (Wildman–Crippen LogP) is 1.39. The van der Waals surface area contributed by atoms with Crippen molar-refractivity contribution in [1.29, 1.82) is 0 Å². The van der Waals surface area contributed by atoms with Crippen LogP contribution in [-0.4, -0.2) is 57.9 Å². The first-order valence-electron chi connectivity index (χ1n) is 8.32. The fraction of sp³-hybridized carbons (Fsp3) is 0.421. The van der Waals surface area contributed by atoms with Gasteiger partial charge in [0, 0.05) is 12.5 Å². The number of phenols is 1. The van der Waals surface area contributed by atoms with Gasteiger partial charge >= 0.3 is 5.97 Å². The van der Waals surface area contributed by atoms with Gasteiger partial charge in [0.1, 0.15) is 35.4 Å². The van der Waals surface area contributed by atoms with Gasteiger partial charge in [0.2, 0.25) is 0 Å². The van der Waals surface area contributed by atoms with Crippen molar-refractivity contribution in [3.05, 3.63) is 41.5 Å². The molecule has 1 aromatic rings. The molecule has 0 aromatic heterocycles. The molecular formula is C19H24O7. The lowest BCUT2D eigenvalue weighted by Gasteiger charge is -2.20. The quantitative estimate of drug-likeness (QED) is 0.439. The zero-order chi connectivity index (χ0) is 19.3. The van der Waals surface area contributed by atoms with E-state index in [4.69, 9.17) is 9.47 Å². The Morgan fingerprint density at radius 3 is 2.58 bits per heavy atom. The number of esters is 1. The van der Waals surface area contributed by atoms with E-state index in [1.807, 2.05) is 0 Å². The van der Waals surface area contributed by atoms with Crippen LogP contribution >= 0.6 is 0 Å². The topological polar surface area (TPSA) is 116 Å². The Labute approximate surface area is 151 Å². The van der Waals surface area contributed by atoms with Gasteiger partial charge in [-0.2, -0.15) is 0 Å². The third kappa shape index (κ3) is 4.85. The maximum absolute atomic E-state index is 12.5. The van der Waals surface area contributed by atoms with Crippen LogP contribution in [0.2, 0.25) is 0 Å². The van der Waals surface area contributed by atoms with E-state index >= 15 is 0 Å². The number of carbonyl (C=O) groups is 1. The Hall–Kier alpha value is -2.35. The van der Waals surface area contributed by atoms with E-state index in [0.717, 1.165) is 0 Å². The highest BCUT2D eigenvalue weighted by Gasteiger charge is 2.23. The Morgan fingerprint density at radius 1 is 1.15 bits per heavy atom. The molecule has 1 aliphatic rings. The van der Waals surface area contributed by atoms with Crippen molar-refractivity contribution in [3.63, 3.8) is 0 Å². The Bertz CT molecular complexity index is 695. The predicted molar refractivity (Wildman–Crippen MR) is 95.0 cm³/mol. The molecule has 0 bridgehead atoms. The van der Waals surface area contributed by atoms with Gasteiger partial charge < -0.3 is 29.9 Å². The Kier molecular flexibility index (Phi) is 6.79. The van der Waals surface area contributed by atoms with Gasteiger partial charge in [-0.3, -0.25) is 0 Å². The number of aliphatic hydroxyl groups excluding tert-OH is 3. The van der Waals surface area contributed by atoms with E-state index < -0.39 is 30.4 Å². The molecule has 2 unspecified atom stereocenters. The first-order valence-corrected chi connectivity index (χ1v) is 8.32. The number of phenolic OH excluding ortho intramolecular Hbond substituents is 1. The molecule has 0 amide bonds. The number of rotatable bonds is 1. The minimum Gasteiger partial charge on any atom is -0.507 e. The highest BCUT2D eigenvalue weighted by molar-refractivity contribution is 5.97. The van der Waals surface area contributed by atoms with Crippen LogP contribution in [0.5, 0.6) is 11.5 Å². The lowest BCUT2D eigenvalue weighted by molar-refractivity contribution is -0.0394. The summed E-state index contributed by atoms with van der Waals surface area (Å²) < 4.78 is 10.4. The second kappa shape index (κ2) is 8.84. The molecule has 0 spiro atoms. The number of methoxy groups -OCH3 is 1. The van der Waals surface area contributed by atoms with Crippen LogP contribution in [0.15, 0.2) is 30.4 Å². The fourth-order valence-electron chi connectivity index (χ4n) is 2.61. The average molecular weight is 364 g/mol. The summed E-state index contributed by atoms with van der Waals surface area (Å²) in [5.74, 6) is -0.615. The van der Waals surface area contributed by atoms with E-state index in [1.165, 1.54) is 31.4 Å². The van der Waals surface area contributed by atoms with Gasteiger partial charge in [0.15, 0.2) is 0 Å². The average Bonchev–Trinajstić information content (AvgIpc) is 2.59. The number of carbonyl (C=O) groups excluding carboxylic acids is 1. The van der Waals surface area contributed by atoms with Crippen LogP contribution in [0, 0.1) is 0 Å². The van der Waals surface area contributed by atoms with E-state index in [-0.39, 0.29) is 17.7 Å². The smallest absolute Gasteiger partial charge is 0.342 e. The number of aliphatic hydroxyl groups is 3. The number of benzene rings is 1. The lowest BCUT2D eigenvalue weighted by Crippen LogP contribution is -2.35. The second-order valence-electron chi connectivity index (χ2n) is 6.18. The van der Waals surface area contributed by atoms with Crippen LogP contribution in [0.25, 0.3) is 6.08 Å². The third-order valence-corrected chi connectivity index (χ3v) is 4.09. The summed E-state index contributed by atoms with van der Waals surface area (Å²) in [7, 11) is 1.43. The minimum atomic E-state index is -1.35. The number of hydrogen-bond donors (Lipinski definition) is 4. The molecule has 0 fully saturated rings. The SMILES string of the molecule is COc1cc(O)c2c(c1)/C=C/C[C@H](O)C(O)C(O)/C=C\C[C@H](C)OC2=O. The Morgan fingerprint density at radius 2 is 1.88 bits per heavy atom. The van der Waals surface area contributed by atoms with E-state index in [9.17, 15) is 25.2 Å². The third-order valence-electron chi connectivity index (χ3n) is 4.09. The molecule has 0 saturated heterocycles. The summed E-state index contributed by atoms with van der Waals surface area (Å²) in [5, 5.41) is 40.0. The van der Waals surface area contributed by atoms with Crippen LogP contribution < -0.4 is 4.74 Å². The molecule has 0 saturated carbocycles. The largest absolute Gasteiger partial charge is 0.507 e. The monoisotopic (exact) mass is 364 g/mol. The summed E-state index contributed by atoms with van der Waals surface area (Å²) in [6.07, 6.45) is 2.00. The zero-order valence-electron chi connectivity index (χ0n) is 14.7. The van der Waals surface area contributed by atoms with Gasteiger partial charge in [-0.25, -0.2) is 4.79 Å². The first-order chi connectivity index (χ1) is 12.3. The highest BCUT2D eigenvalue weighted by atomic mass is 16.5. The summed E-state index contributed by atoms with van der Waals surface area (Å²) in [6.45, 7) is 1.67. The van der Waals surface area contributed by atoms with Crippen molar-refractivity contribution in [2.75, 3.05) is 7.11 Å². The molecule has 1 aromatic carbocycles. The normalized spacial score (nSPS) is 29.8. The molecule has 2 rings (SSSR count). The first kappa shape index (κ1) is 20.0. The second-order valence-corrected chi connectivity index (χ2v) is 6.18. The summed E-state index contributed by atoms with van der Waals surface area (Å²) >= 11 is 0. The molecule has 1 heterocycles. The zero-order valence-corrected chi connectivity index (χ0v) is 14.7. The number of cyclic esters (lactones) is 1. The molecule has 7 nitrogen and oxygen atoms in total. The van der Waals surface area contributed by atoms with Crippen molar-refractivity contribution < 1.29 is 34.7 Å². The maximum atomic E-state index is 12.5. The van der Waals surface area contributed by atoms with Crippen LogP contribution in [-0.2, 0) is 4.74 Å².